The first-order chi connectivity index (χ1) is 6.24. The summed E-state index contributed by atoms with van der Waals surface area (Å²) in [4.78, 5) is 10.8. The van der Waals surface area contributed by atoms with Crippen molar-refractivity contribution >= 4 is 17.7 Å². The molecule has 0 bridgehead atoms. The zero-order chi connectivity index (χ0) is 9.68. The largest absolute Gasteiger partial charge is 0.480 e. The Kier molecular flexibility index (Phi) is 4.59. The van der Waals surface area contributed by atoms with Crippen molar-refractivity contribution < 1.29 is 9.90 Å². The first kappa shape index (κ1) is 10.9. The number of thioether (sulfide) groups is 1. The summed E-state index contributed by atoms with van der Waals surface area (Å²) in [6.07, 6.45) is 2.76. The number of nitrogens with one attached hydrogen (secondary N) is 1. The third-order valence-electron chi connectivity index (χ3n) is 2.24. The van der Waals surface area contributed by atoms with Gasteiger partial charge in [0.15, 0.2) is 0 Å². The van der Waals surface area contributed by atoms with Gasteiger partial charge >= 0.3 is 5.97 Å². The molecule has 1 heterocycles. The lowest BCUT2D eigenvalue weighted by Gasteiger charge is -2.18. The van der Waals surface area contributed by atoms with Gasteiger partial charge in [-0.1, -0.05) is 13.3 Å². The fourth-order valence-electron chi connectivity index (χ4n) is 1.52. The summed E-state index contributed by atoms with van der Waals surface area (Å²) in [7, 11) is 0. The van der Waals surface area contributed by atoms with Crippen LogP contribution in [0.2, 0.25) is 0 Å². The van der Waals surface area contributed by atoms with Gasteiger partial charge in [-0.2, -0.15) is 11.8 Å². The van der Waals surface area contributed by atoms with Gasteiger partial charge in [0.1, 0.15) is 6.04 Å². The lowest BCUT2D eigenvalue weighted by Crippen LogP contribution is -2.43. The van der Waals surface area contributed by atoms with Gasteiger partial charge in [0.25, 0.3) is 0 Å². The van der Waals surface area contributed by atoms with Gasteiger partial charge in [-0.15, -0.1) is 0 Å². The molecule has 76 valence electrons. The van der Waals surface area contributed by atoms with Gasteiger partial charge in [0.2, 0.25) is 0 Å². The van der Waals surface area contributed by atoms with Crippen molar-refractivity contribution in [2.45, 2.75) is 38.3 Å². The SMILES string of the molecule is CCCC(NC1CCSC1)C(=O)O. The molecule has 2 N–H and O–H groups in total. The highest BCUT2D eigenvalue weighted by Gasteiger charge is 2.22. The molecule has 4 heteroatoms. The number of carbonyl (C=O) groups is 1. The van der Waals surface area contributed by atoms with Gasteiger partial charge in [-0.3, -0.25) is 4.79 Å². The predicted octanol–water partition coefficient (Wildman–Crippen LogP) is 1.33. The second-order valence-electron chi connectivity index (χ2n) is 3.41. The average molecular weight is 203 g/mol. The van der Waals surface area contributed by atoms with Crippen LogP contribution in [-0.2, 0) is 4.79 Å². The van der Waals surface area contributed by atoms with Crippen LogP contribution in [0.25, 0.3) is 0 Å². The lowest BCUT2D eigenvalue weighted by molar-refractivity contribution is -0.139. The van der Waals surface area contributed by atoms with E-state index in [1.165, 1.54) is 0 Å². The molecule has 1 aliphatic rings. The summed E-state index contributed by atoms with van der Waals surface area (Å²) in [5.74, 6) is 1.52. The van der Waals surface area contributed by atoms with Crippen LogP contribution in [0.3, 0.4) is 0 Å². The Labute approximate surface area is 83.3 Å². The van der Waals surface area contributed by atoms with Gasteiger partial charge in [0.05, 0.1) is 0 Å². The van der Waals surface area contributed by atoms with Crippen LogP contribution in [0.1, 0.15) is 26.2 Å². The standard InChI is InChI=1S/C9H17NO2S/c1-2-3-8(9(11)12)10-7-4-5-13-6-7/h7-8,10H,2-6H2,1H3,(H,11,12). The van der Waals surface area contributed by atoms with Crippen LogP contribution >= 0.6 is 11.8 Å². The van der Waals surface area contributed by atoms with E-state index in [9.17, 15) is 4.79 Å². The minimum absolute atomic E-state index is 0.339. The Balaban J connectivity index is 2.32. The predicted molar refractivity (Wildman–Crippen MR) is 55.2 cm³/mol. The molecular weight excluding hydrogens is 186 g/mol. The van der Waals surface area contributed by atoms with Gasteiger partial charge in [0, 0.05) is 11.8 Å². The van der Waals surface area contributed by atoms with Crippen LogP contribution in [0, 0.1) is 0 Å². The number of hydrogen-bond donors (Lipinski definition) is 2. The van der Waals surface area contributed by atoms with E-state index in [0.717, 1.165) is 30.8 Å². The van der Waals surface area contributed by atoms with Gasteiger partial charge in [-0.05, 0) is 18.6 Å². The van der Waals surface area contributed by atoms with E-state index in [1.807, 2.05) is 18.7 Å². The summed E-state index contributed by atoms with van der Waals surface area (Å²) < 4.78 is 0. The maximum absolute atomic E-state index is 10.8. The number of carboxylic acids is 1. The van der Waals surface area contributed by atoms with E-state index in [-0.39, 0.29) is 6.04 Å². The molecule has 0 amide bonds. The Hall–Kier alpha value is -0.220. The fourth-order valence-corrected chi connectivity index (χ4v) is 2.68. The fraction of sp³-hybridized carbons (Fsp3) is 0.889. The van der Waals surface area contributed by atoms with Crippen molar-refractivity contribution in [2.75, 3.05) is 11.5 Å². The molecule has 3 nitrogen and oxygen atoms in total. The van der Waals surface area contributed by atoms with Crippen LogP contribution in [0.5, 0.6) is 0 Å². The molecule has 2 unspecified atom stereocenters. The third-order valence-corrected chi connectivity index (χ3v) is 3.40. The quantitative estimate of drug-likeness (QED) is 0.708. The molecule has 1 aliphatic heterocycles. The summed E-state index contributed by atoms with van der Waals surface area (Å²) in [6.45, 7) is 2.01. The van der Waals surface area contributed by atoms with Crippen LogP contribution in [0.15, 0.2) is 0 Å². The number of carboxylic acid groups (broad SMARTS) is 1. The first-order valence-electron chi connectivity index (χ1n) is 4.80. The Bertz CT molecular complexity index is 169. The van der Waals surface area contributed by atoms with Crippen molar-refractivity contribution in [3.05, 3.63) is 0 Å². The zero-order valence-corrected chi connectivity index (χ0v) is 8.77. The molecule has 0 aromatic carbocycles. The molecule has 1 rings (SSSR count). The lowest BCUT2D eigenvalue weighted by atomic mass is 10.1. The Morgan fingerprint density at radius 1 is 1.77 bits per heavy atom. The van der Waals surface area contributed by atoms with E-state index in [1.54, 1.807) is 0 Å². The third kappa shape index (κ3) is 3.56. The van der Waals surface area contributed by atoms with Crippen LogP contribution in [0.4, 0.5) is 0 Å². The molecule has 0 aromatic heterocycles. The van der Waals surface area contributed by atoms with E-state index < -0.39 is 5.97 Å². The molecule has 1 saturated heterocycles. The molecule has 13 heavy (non-hydrogen) atoms. The molecule has 0 saturated carbocycles. The number of aliphatic carboxylic acids is 1. The number of hydrogen-bond acceptors (Lipinski definition) is 3. The summed E-state index contributed by atoms with van der Waals surface area (Å²) in [5.41, 5.74) is 0. The van der Waals surface area contributed by atoms with E-state index in [0.29, 0.717) is 6.04 Å². The molecule has 0 radical (unpaired) electrons. The summed E-state index contributed by atoms with van der Waals surface area (Å²) in [5, 5.41) is 12.1. The van der Waals surface area contributed by atoms with Crippen LogP contribution < -0.4 is 5.32 Å². The highest BCUT2D eigenvalue weighted by molar-refractivity contribution is 7.99. The van der Waals surface area contributed by atoms with Crippen molar-refractivity contribution in [1.29, 1.82) is 0 Å². The second kappa shape index (κ2) is 5.50. The van der Waals surface area contributed by atoms with Gasteiger partial charge < -0.3 is 10.4 Å². The van der Waals surface area contributed by atoms with E-state index in [2.05, 4.69) is 5.32 Å². The molecule has 0 aromatic rings. The molecular formula is C9H17NO2S. The molecule has 2 atom stereocenters. The number of rotatable bonds is 5. The molecule has 0 aliphatic carbocycles. The highest BCUT2D eigenvalue weighted by atomic mass is 32.2. The topological polar surface area (TPSA) is 49.3 Å². The van der Waals surface area contributed by atoms with E-state index in [4.69, 9.17) is 5.11 Å². The minimum Gasteiger partial charge on any atom is -0.480 e. The second-order valence-corrected chi connectivity index (χ2v) is 4.56. The van der Waals surface area contributed by atoms with Crippen molar-refractivity contribution in [3.8, 4) is 0 Å². The minimum atomic E-state index is -0.709. The summed E-state index contributed by atoms with van der Waals surface area (Å²) in [6, 6.07) is 0.0753. The molecule has 1 fully saturated rings. The average Bonchev–Trinajstić information content (AvgIpc) is 2.56. The first-order valence-corrected chi connectivity index (χ1v) is 5.96. The zero-order valence-electron chi connectivity index (χ0n) is 7.95. The van der Waals surface area contributed by atoms with Gasteiger partial charge in [-0.25, -0.2) is 0 Å². The summed E-state index contributed by atoms with van der Waals surface area (Å²) >= 11 is 1.90. The van der Waals surface area contributed by atoms with Crippen LogP contribution in [-0.4, -0.2) is 34.7 Å². The Morgan fingerprint density at radius 2 is 2.54 bits per heavy atom. The Morgan fingerprint density at radius 3 is 3.00 bits per heavy atom. The van der Waals surface area contributed by atoms with Crippen molar-refractivity contribution in [3.63, 3.8) is 0 Å². The van der Waals surface area contributed by atoms with Crippen molar-refractivity contribution in [1.82, 2.24) is 5.32 Å². The highest BCUT2D eigenvalue weighted by Crippen LogP contribution is 2.18. The smallest absolute Gasteiger partial charge is 0.320 e. The molecule has 0 spiro atoms. The van der Waals surface area contributed by atoms with E-state index >= 15 is 0 Å². The monoisotopic (exact) mass is 203 g/mol. The maximum atomic E-state index is 10.8. The maximum Gasteiger partial charge on any atom is 0.320 e. The van der Waals surface area contributed by atoms with Crippen molar-refractivity contribution in [2.24, 2.45) is 0 Å². The normalized spacial score (nSPS) is 24.5.